The molecule has 0 radical (unpaired) electrons. The van der Waals surface area contributed by atoms with Crippen molar-refractivity contribution in [2.75, 3.05) is 6.54 Å². The minimum Gasteiger partial charge on any atom is -0.465 e. The summed E-state index contributed by atoms with van der Waals surface area (Å²) in [7, 11) is 0. The van der Waals surface area contributed by atoms with Crippen molar-refractivity contribution < 1.29 is 24.2 Å². The van der Waals surface area contributed by atoms with E-state index >= 15 is 0 Å². The number of hydrogen-bond donors (Lipinski definition) is 2. The smallest absolute Gasteiger partial charge is 0.416 e. The Hall–Kier alpha value is -1.79. The number of imide groups is 1. The van der Waals surface area contributed by atoms with Gasteiger partial charge >= 0.3 is 18.1 Å². The molecule has 16 heavy (non-hydrogen) atoms. The van der Waals surface area contributed by atoms with Crippen molar-refractivity contribution in [3.8, 4) is 0 Å². The summed E-state index contributed by atoms with van der Waals surface area (Å²) in [5, 5.41) is 11.0. The van der Waals surface area contributed by atoms with E-state index in [2.05, 4.69) is 5.32 Å². The molecule has 0 aromatic rings. The summed E-state index contributed by atoms with van der Waals surface area (Å²) in [5.41, 5.74) is -0.715. The van der Waals surface area contributed by atoms with Crippen LogP contribution in [-0.4, -0.2) is 46.3 Å². The maximum Gasteiger partial charge on any atom is 0.416 e. The van der Waals surface area contributed by atoms with Crippen LogP contribution in [0.3, 0.4) is 0 Å². The van der Waals surface area contributed by atoms with Gasteiger partial charge in [0, 0.05) is 0 Å². The fourth-order valence-corrected chi connectivity index (χ4v) is 1.28. The highest BCUT2D eigenvalue weighted by atomic mass is 16.6. The van der Waals surface area contributed by atoms with Gasteiger partial charge in [-0.15, -0.1) is 0 Å². The first-order valence-corrected chi connectivity index (χ1v) is 4.75. The highest BCUT2D eigenvalue weighted by Gasteiger charge is 2.42. The van der Waals surface area contributed by atoms with Crippen molar-refractivity contribution in [1.82, 2.24) is 10.2 Å². The van der Waals surface area contributed by atoms with Crippen LogP contribution in [0.2, 0.25) is 0 Å². The van der Waals surface area contributed by atoms with Crippen molar-refractivity contribution in [1.29, 1.82) is 0 Å². The molecule has 1 unspecified atom stereocenters. The number of hydrogen-bond acceptors (Lipinski definition) is 4. The number of ether oxygens (including phenoxy) is 1. The molecule has 1 aliphatic heterocycles. The Morgan fingerprint density at radius 1 is 1.50 bits per heavy atom. The topological polar surface area (TPSA) is 95.9 Å². The predicted molar refractivity (Wildman–Crippen MR) is 52.9 cm³/mol. The molecule has 2 N–H and O–H groups in total. The average molecular weight is 230 g/mol. The fourth-order valence-electron chi connectivity index (χ4n) is 1.28. The van der Waals surface area contributed by atoms with Gasteiger partial charge in [-0.2, -0.15) is 0 Å². The molecule has 0 spiro atoms. The first kappa shape index (κ1) is 12.3. The number of nitrogens with zero attached hydrogens (tertiary/aromatic N) is 1. The molecule has 90 valence electrons. The SMILES string of the molecule is CC(C)(C)OC(=O)C1CNC(=O)N1C(=O)O. The molecule has 0 aliphatic carbocycles. The zero-order valence-electron chi connectivity index (χ0n) is 9.31. The highest BCUT2D eigenvalue weighted by molar-refractivity contribution is 5.98. The van der Waals surface area contributed by atoms with E-state index in [1.54, 1.807) is 20.8 Å². The van der Waals surface area contributed by atoms with E-state index in [1.807, 2.05) is 0 Å². The second kappa shape index (κ2) is 3.99. The maximum absolute atomic E-state index is 11.6. The number of urea groups is 1. The van der Waals surface area contributed by atoms with Crippen molar-refractivity contribution in [2.24, 2.45) is 0 Å². The van der Waals surface area contributed by atoms with Crippen LogP contribution in [0.15, 0.2) is 0 Å². The third kappa shape index (κ3) is 2.62. The average Bonchev–Trinajstić information content (AvgIpc) is 2.43. The second-order valence-corrected chi connectivity index (χ2v) is 4.39. The molecule has 1 fully saturated rings. The molecule has 1 heterocycles. The lowest BCUT2D eigenvalue weighted by molar-refractivity contribution is -0.158. The number of carbonyl (C=O) groups excluding carboxylic acids is 2. The van der Waals surface area contributed by atoms with Gasteiger partial charge in [0.2, 0.25) is 0 Å². The Morgan fingerprint density at radius 2 is 2.06 bits per heavy atom. The molecule has 7 nitrogen and oxygen atoms in total. The number of amides is 3. The number of nitrogens with one attached hydrogen (secondary N) is 1. The molecular weight excluding hydrogens is 216 g/mol. The van der Waals surface area contributed by atoms with Gasteiger partial charge in [0.05, 0.1) is 6.54 Å². The van der Waals surface area contributed by atoms with E-state index in [0.29, 0.717) is 4.90 Å². The largest absolute Gasteiger partial charge is 0.465 e. The van der Waals surface area contributed by atoms with Crippen LogP contribution in [0.25, 0.3) is 0 Å². The quantitative estimate of drug-likeness (QED) is 0.635. The van der Waals surface area contributed by atoms with Gasteiger partial charge in [0.15, 0.2) is 6.04 Å². The Bertz CT molecular complexity index is 333. The summed E-state index contributed by atoms with van der Waals surface area (Å²) in [4.78, 5) is 33.9. The van der Waals surface area contributed by atoms with Crippen LogP contribution in [0, 0.1) is 0 Å². The fraction of sp³-hybridized carbons (Fsp3) is 0.667. The van der Waals surface area contributed by atoms with E-state index in [9.17, 15) is 14.4 Å². The minimum absolute atomic E-state index is 0.0555. The summed E-state index contributed by atoms with van der Waals surface area (Å²) in [5.74, 6) is -0.728. The molecule has 0 saturated carbocycles. The van der Waals surface area contributed by atoms with Gasteiger partial charge < -0.3 is 15.2 Å². The normalized spacial score (nSPS) is 20.6. The van der Waals surface area contributed by atoms with E-state index in [1.165, 1.54) is 0 Å². The van der Waals surface area contributed by atoms with E-state index < -0.39 is 29.7 Å². The zero-order chi connectivity index (χ0) is 12.5. The van der Waals surface area contributed by atoms with Gasteiger partial charge in [-0.05, 0) is 20.8 Å². The number of carbonyl (C=O) groups is 3. The predicted octanol–water partition coefficient (Wildman–Crippen LogP) is 0.400. The lowest BCUT2D eigenvalue weighted by Crippen LogP contribution is -2.45. The standard InChI is InChI=1S/C9H14N2O5/c1-9(2,3)16-6(12)5-4-10-7(13)11(5)8(14)15/h5H,4H2,1-3H3,(H,10,13)(H,14,15). The molecule has 3 amide bonds. The Labute approximate surface area is 92.4 Å². The molecule has 0 aromatic carbocycles. The van der Waals surface area contributed by atoms with Crippen LogP contribution < -0.4 is 5.32 Å². The van der Waals surface area contributed by atoms with Gasteiger partial charge in [-0.25, -0.2) is 19.3 Å². The first-order valence-electron chi connectivity index (χ1n) is 4.75. The molecule has 7 heteroatoms. The number of rotatable bonds is 1. The summed E-state index contributed by atoms with van der Waals surface area (Å²) in [6.45, 7) is 4.95. The minimum atomic E-state index is -1.47. The van der Waals surface area contributed by atoms with Crippen LogP contribution in [0.1, 0.15) is 20.8 Å². The van der Waals surface area contributed by atoms with E-state index in [4.69, 9.17) is 9.84 Å². The first-order chi connectivity index (χ1) is 7.22. The summed E-state index contributed by atoms with van der Waals surface area (Å²) < 4.78 is 5.01. The van der Waals surface area contributed by atoms with Gasteiger partial charge in [-0.1, -0.05) is 0 Å². The second-order valence-electron chi connectivity index (χ2n) is 4.39. The lowest BCUT2D eigenvalue weighted by atomic mass is 10.2. The Kier molecular flexibility index (Phi) is 3.06. The molecule has 1 saturated heterocycles. The Morgan fingerprint density at radius 3 is 2.50 bits per heavy atom. The summed E-state index contributed by atoms with van der Waals surface area (Å²) >= 11 is 0. The monoisotopic (exact) mass is 230 g/mol. The van der Waals surface area contributed by atoms with Gasteiger partial charge in [0.25, 0.3) is 0 Å². The Balaban J connectivity index is 2.77. The molecule has 0 aromatic heterocycles. The number of carboxylic acid groups (broad SMARTS) is 1. The van der Waals surface area contributed by atoms with Crippen molar-refractivity contribution in [3.63, 3.8) is 0 Å². The molecular formula is C9H14N2O5. The third-order valence-corrected chi connectivity index (χ3v) is 1.86. The summed E-state index contributed by atoms with van der Waals surface area (Å²) in [6, 6.07) is -1.91. The van der Waals surface area contributed by atoms with Crippen LogP contribution in [-0.2, 0) is 9.53 Å². The third-order valence-electron chi connectivity index (χ3n) is 1.86. The van der Waals surface area contributed by atoms with Crippen molar-refractivity contribution >= 4 is 18.1 Å². The zero-order valence-corrected chi connectivity index (χ0v) is 9.31. The molecule has 1 rings (SSSR count). The van der Waals surface area contributed by atoms with Crippen LogP contribution in [0.4, 0.5) is 9.59 Å². The van der Waals surface area contributed by atoms with Crippen molar-refractivity contribution in [3.05, 3.63) is 0 Å². The van der Waals surface area contributed by atoms with Gasteiger partial charge in [-0.3, -0.25) is 0 Å². The lowest BCUT2D eigenvalue weighted by Gasteiger charge is -2.23. The number of esters is 1. The molecule has 1 aliphatic rings. The maximum atomic E-state index is 11.6. The van der Waals surface area contributed by atoms with Gasteiger partial charge in [0.1, 0.15) is 5.60 Å². The molecule has 0 bridgehead atoms. The molecule has 1 atom stereocenters. The van der Waals surface area contributed by atoms with E-state index in [-0.39, 0.29) is 6.54 Å². The van der Waals surface area contributed by atoms with E-state index in [0.717, 1.165) is 0 Å². The summed E-state index contributed by atoms with van der Waals surface area (Å²) in [6.07, 6.45) is -1.47. The highest BCUT2D eigenvalue weighted by Crippen LogP contribution is 2.14. The van der Waals surface area contributed by atoms with Crippen LogP contribution in [0.5, 0.6) is 0 Å². The van der Waals surface area contributed by atoms with Crippen LogP contribution >= 0.6 is 0 Å². The van der Waals surface area contributed by atoms with Crippen molar-refractivity contribution in [2.45, 2.75) is 32.4 Å².